The van der Waals surface area contributed by atoms with E-state index in [-0.39, 0.29) is 29.4 Å². The topological polar surface area (TPSA) is 88.7 Å². The standard InChI is InChI=1S/C19H33N3O4/c1-17(5-3-9-25-17)12-21-15(23)11-19(7-8-20-14-19)16(24)22-13-18(2)6-4-10-26-18/h20H,3-14H2,1-2H3,(H,21,23)(H,22,24). The zero-order valence-electron chi connectivity index (χ0n) is 16.1. The molecular formula is C19H33N3O4. The SMILES string of the molecule is CC1(CNC(=O)CC2(C(=O)NCC3(C)CCCO3)CCNC2)CCCO1. The van der Waals surface area contributed by atoms with E-state index in [1.54, 1.807) is 0 Å². The maximum atomic E-state index is 12.9. The van der Waals surface area contributed by atoms with Gasteiger partial charge < -0.3 is 25.4 Å². The van der Waals surface area contributed by atoms with Crippen molar-refractivity contribution in [1.82, 2.24) is 16.0 Å². The molecule has 3 aliphatic heterocycles. The van der Waals surface area contributed by atoms with Crippen molar-refractivity contribution in [2.24, 2.45) is 5.41 Å². The Morgan fingerprint density at radius 1 is 0.962 bits per heavy atom. The summed E-state index contributed by atoms with van der Waals surface area (Å²) in [6.45, 7) is 7.87. The van der Waals surface area contributed by atoms with Crippen LogP contribution in [0.15, 0.2) is 0 Å². The van der Waals surface area contributed by atoms with E-state index in [1.807, 2.05) is 13.8 Å². The van der Waals surface area contributed by atoms with Gasteiger partial charge in [0, 0.05) is 39.3 Å². The van der Waals surface area contributed by atoms with E-state index in [1.165, 1.54) is 0 Å². The summed E-state index contributed by atoms with van der Waals surface area (Å²) in [5.41, 5.74) is -1.22. The largest absolute Gasteiger partial charge is 0.373 e. The Kier molecular flexibility index (Phi) is 5.89. The van der Waals surface area contributed by atoms with Crippen molar-refractivity contribution in [3.8, 4) is 0 Å². The lowest BCUT2D eigenvalue weighted by molar-refractivity contribution is -0.136. The van der Waals surface area contributed by atoms with Crippen LogP contribution in [0.2, 0.25) is 0 Å². The first-order valence-corrected chi connectivity index (χ1v) is 9.89. The monoisotopic (exact) mass is 367 g/mol. The lowest BCUT2D eigenvalue weighted by atomic mass is 9.81. The molecule has 0 aromatic heterocycles. The van der Waals surface area contributed by atoms with Gasteiger partial charge in [-0.3, -0.25) is 9.59 Å². The van der Waals surface area contributed by atoms with Crippen LogP contribution in [0.3, 0.4) is 0 Å². The first-order chi connectivity index (χ1) is 12.4. The molecule has 0 radical (unpaired) electrons. The quantitative estimate of drug-likeness (QED) is 0.617. The zero-order valence-corrected chi connectivity index (χ0v) is 16.1. The van der Waals surface area contributed by atoms with Gasteiger partial charge in [0.15, 0.2) is 0 Å². The molecule has 3 rings (SSSR count). The fourth-order valence-corrected chi connectivity index (χ4v) is 4.23. The third-order valence-corrected chi connectivity index (χ3v) is 6.11. The number of amides is 2. The van der Waals surface area contributed by atoms with Crippen LogP contribution < -0.4 is 16.0 Å². The van der Waals surface area contributed by atoms with E-state index >= 15 is 0 Å². The molecule has 7 heteroatoms. The van der Waals surface area contributed by atoms with Crippen molar-refractivity contribution in [1.29, 1.82) is 0 Å². The normalized spacial score (nSPS) is 37.0. The Bertz CT molecular complexity index is 519. The second-order valence-corrected chi connectivity index (χ2v) is 8.65. The van der Waals surface area contributed by atoms with Gasteiger partial charge in [-0.15, -0.1) is 0 Å². The number of nitrogens with one attached hydrogen (secondary N) is 3. The van der Waals surface area contributed by atoms with Crippen molar-refractivity contribution < 1.29 is 19.1 Å². The number of carbonyl (C=O) groups excluding carboxylic acids is 2. The number of hydrogen-bond donors (Lipinski definition) is 3. The molecule has 0 aliphatic carbocycles. The third kappa shape index (κ3) is 4.56. The molecule has 148 valence electrons. The van der Waals surface area contributed by atoms with Gasteiger partial charge in [-0.05, 0) is 52.5 Å². The molecule has 26 heavy (non-hydrogen) atoms. The van der Waals surface area contributed by atoms with Gasteiger partial charge in [0.05, 0.1) is 16.6 Å². The first kappa shape index (κ1) is 19.6. The zero-order chi connectivity index (χ0) is 18.7. The molecule has 3 N–H and O–H groups in total. The van der Waals surface area contributed by atoms with Crippen LogP contribution in [0, 0.1) is 5.41 Å². The highest BCUT2D eigenvalue weighted by Crippen LogP contribution is 2.31. The third-order valence-electron chi connectivity index (χ3n) is 6.11. The second kappa shape index (κ2) is 7.82. The van der Waals surface area contributed by atoms with Gasteiger partial charge in [-0.1, -0.05) is 0 Å². The molecule has 0 bridgehead atoms. The molecule has 2 amide bonds. The van der Waals surface area contributed by atoms with Crippen LogP contribution in [0.5, 0.6) is 0 Å². The molecule has 3 atom stereocenters. The molecule has 3 saturated heterocycles. The van der Waals surface area contributed by atoms with Crippen LogP contribution in [0.1, 0.15) is 52.4 Å². The molecule has 3 heterocycles. The molecule has 0 spiro atoms. The maximum absolute atomic E-state index is 12.9. The maximum Gasteiger partial charge on any atom is 0.228 e. The average molecular weight is 367 g/mol. The molecular weight excluding hydrogens is 334 g/mol. The fraction of sp³-hybridized carbons (Fsp3) is 0.895. The van der Waals surface area contributed by atoms with Gasteiger partial charge in [-0.25, -0.2) is 0 Å². The molecule has 3 unspecified atom stereocenters. The minimum atomic E-state index is -0.670. The Balaban J connectivity index is 1.53. The predicted octanol–water partition coefficient (Wildman–Crippen LogP) is 0.727. The lowest BCUT2D eigenvalue weighted by Crippen LogP contribution is -2.50. The van der Waals surface area contributed by atoms with Gasteiger partial charge in [0.2, 0.25) is 11.8 Å². The summed E-state index contributed by atoms with van der Waals surface area (Å²) in [5.74, 6) is -0.124. The number of hydrogen-bond acceptors (Lipinski definition) is 5. The van der Waals surface area contributed by atoms with Crippen molar-refractivity contribution in [2.45, 2.75) is 63.6 Å². The van der Waals surface area contributed by atoms with Gasteiger partial charge in [0.1, 0.15) is 0 Å². The first-order valence-electron chi connectivity index (χ1n) is 9.89. The van der Waals surface area contributed by atoms with E-state index in [2.05, 4.69) is 16.0 Å². The molecule has 3 fully saturated rings. The fourth-order valence-electron chi connectivity index (χ4n) is 4.23. The van der Waals surface area contributed by atoms with Crippen LogP contribution in [-0.4, -0.2) is 62.4 Å². The molecule has 3 aliphatic rings. The predicted molar refractivity (Wildman–Crippen MR) is 97.7 cm³/mol. The van der Waals surface area contributed by atoms with E-state index in [4.69, 9.17) is 9.47 Å². The number of rotatable bonds is 7. The van der Waals surface area contributed by atoms with Gasteiger partial charge in [0.25, 0.3) is 0 Å². The number of ether oxygens (including phenoxy) is 2. The summed E-state index contributed by atoms with van der Waals surface area (Å²) >= 11 is 0. The van der Waals surface area contributed by atoms with Crippen LogP contribution in [-0.2, 0) is 19.1 Å². The Morgan fingerprint density at radius 3 is 2.08 bits per heavy atom. The van der Waals surface area contributed by atoms with Crippen LogP contribution >= 0.6 is 0 Å². The summed E-state index contributed by atoms with van der Waals surface area (Å²) < 4.78 is 11.5. The molecule has 7 nitrogen and oxygen atoms in total. The Hall–Kier alpha value is -1.18. The molecule has 0 saturated carbocycles. The van der Waals surface area contributed by atoms with Crippen molar-refractivity contribution in [3.63, 3.8) is 0 Å². The minimum absolute atomic E-state index is 0.0438. The van der Waals surface area contributed by atoms with Crippen molar-refractivity contribution >= 4 is 11.8 Å². The summed E-state index contributed by atoms with van der Waals surface area (Å²) in [6.07, 6.45) is 4.86. The Morgan fingerprint density at radius 2 is 1.58 bits per heavy atom. The van der Waals surface area contributed by atoms with Crippen LogP contribution in [0.4, 0.5) is 0 Å². The van der Waals surface area contributed by atoms with E-state index < -0.39 is 5.41 Å². The summed E-state index contributed by atoms with van der Waals surface area (Å²) in [4.78, 5) is 25.4. The molecule has 0 aromatic rings. The lowest BCUT2D eigenvalue weighted by Gasteiger charge is -2.30. The summed E-state index contributed by atoms with van der Waals surface area (Å²) in [6, 6.07) is 0. The highest BCUT2D eigenvalue weighted by molar-refractivity contribution is 5.89. The van der Waals surface area contributed by atoms with Crippen LogP contribution in [0.25, 0.3) is 0 Å². The Labute approximate surface area is 155 Å². The van der Waals surface area contributed by atoms with Crippen molar-refractivity contribution in [2.75, 3.05) is 39.4 Å². The van der Waals surface area contributed by atoms with E-state index in [0.29, 0.717) is 26.1 Å². The average Bonchev–Trinajstić information content (AvgIpc) is 3.34. The second-order valence-electron chi connectivity index (χ2n) is 8.65. The minimum Gasteiger partial charge on any atom is -0.373 e. The molecule has 0 aromatic carbocycles. The van der Waals surface area contributed by atoms with Gasteiger partial charge >= 0.3 is 0 Å². The van der Waals surface area contributed by atoms with E-state index in [9.17, 15) is 9.59 Å². The summed E-state index contributed by atoms with van der Waals surface area (Å²) in [7, 11) is 0. The highest BCUT2D eigenvalue weighted by atomic mass is 16.5. The highest BCUT2D eigenvalue weighted by Gasteiger charge is 2.44. The van der Waals surface area contributed by atoms with E-state index in [0.717, 1.165) is 45.4 Å². The van der Waals surface area contributed by atoms with Crippen molar-refractivity contribution in [3.05, 3.63) is 0 Å². The smallest absolute Gasteiger partial charge is 0.228 e. The van der Waals surface area contributed by atoms with Gasteiger partial charge in [-0.2, -0.15) is 0 Å². The summed E-state index contributed by atoms with van der Waals surface area (Å²) in [5, 5.41) is 9.27. The number of carbonyl (C=O) groups is 2.